The maximum atomic E-state index is 11.2. The molecule has 0 saturated carbocycles. The zero-order chi connectivity index (χ0) is 12.0. The lowest BCUT2D eigenvalue weighted by molar-refractivity contribution is 0.147. The third-order valence-electron chi connectivity index (χ3n) is 1.89. The summed E-state index contributed by atoms with van der Waals surface area (Å²) < 4.78 is 0. The first-order chi connectivity index (χ1) is 7.59. The van der Waals surface area contributed by atoms with Gasteiger partial charge in [-0.1, -0.05) is 47.1 Å². The lowest BCUT2D eigenvalue weighted by Gasteiger charge is -2.12. The van der Waals surface area contributed by atoms with E-state index in [0.29, 0.717) is 0 Å². The largest absolute Gasteiger partial charge is 0.433 e. The molecule has 4 nitrogen and oxygen atoms in total. The van der Waals surface area contributed by atoms with Crippen molar-refractivity contribution in [1.29, 1.82) is 0 Å². The van der Waals surface area contributed by atoms with Crippen LogP contribution in [0.25, 0.3) is 0 Å². The summed E-state index contributed by atoms with van der Waals surface area (Å²) >= 11 is 5.42. The van der Waals surface area contributed by atoms with Crippen LogP contribution in [0.3, 0.4) is 0 Å². The Balaban J connectivity index is 2.49. The van der Waals surface area contributed by atoms with E-state index >= 15 is 0 Å². The zero-order valence-electron chi connectivity index (χ0n) is 9.11. The van der Waals surface area contributed by atoms with Crippen LogP contribution in [0.4, 0.5) is 4.79 Å². The first-order valence-corrected chi connectivity index (χ1v) is 5.20. The molecule has 1 aromatic carbocycles. The number of oxime groups is 1. The van der Waals surface area contributed by atoms with Gasteiger partial charge in [0.1, 0.15) is 5.17 Å². The van der Waals surface area contributed by atoms with Gasteiger partial charge in [0.05, 0.1) is 6.04 Å². The molecule has 0 aliphatic rings. The summed E-state index contributed by atoms with van der Waals surface area (Å²) in [6.07, 6.45) is -0.628. The van der Waals surface area contributed by atoms with Gasteiger partial charge in [0, 0.05) is 0 Å². The van der Waals surface area contributed by atoms with Crippen molar-refractivity contribution >= 4 is 22.9 Å². The number of rotatable bonds is 3. The van der Waals surface area contributed by atoms with Crippen molar-refractivity contribution in [1.82, 2.24) is 5.32 Å². The van der Waals surface area contributed by atoms with Gasteiger partial charge in [-0.2, -0.15) is 0 Å². The van der Waals surface area contributed by atoms with Crippen molar-refractivity contribution in [3.8, 4) is 0 Å². The molecule has 0 fully saturated rings. The Morgan fingerprint density at radius 1 is 1.44 bits per heavy atom. The average molecular weight is 241 g/mol. The van der Waals surface area contributed by atoms with Gasteiger partial charge in [-0.25, -0.2) is 4.79 Å². The van der Waals surface area contributed by atoms with E-state index in [1.165, 1.54) is 6.92 Å². The maximum Gasteiger partial charge on any atom is 0.433 e. The van der Waals surface area contributed by atoms with E-state index in [-0.39, 0.29) is 11.2 Å². The van der Waals surface area contributed by atoms with Crippen molar-refractivity contribution in [2.45, 2.75) is 19.9 Å². The lowest BCUT2D eigenvalue weighted by Crippen LogP contribution is -2.26. The minimum atomic E-state index is -0.628. The number of carbonyl (C=O) groups excluding carboxylic acids is 1. The molecule has 1 amide bonds. The Kier molecular flexibility index (Phi) is 4.79. The van der Waals surface area contributed by atoms with Crippen LogP contribution in [0.15, 0.2) is 35.5 Å². The van der Waals surface area contributed by atoms with Crippen LogP contribution in [0.2, 0.25) is 0 Å². The van der Waals surface area contributed by atoms with Gasteiger partial charge < -0.3 is 5.32 Å². The number of nitrogens with zero attached hydrogens (tertiary/aromatic N) is 1. The van der Waals surface area contributed by atoms with E-state index < -0.39 is 6.09 Å². The topological polar surface area (TPSA) is 50.7 Å². The molecule has 0 radical (unpaired) electrons. The highest BCUT2D eigenvalue weighted by atomic mass is 35.5. The van der Waals surface area contributed by atoms with Crippen LogP contribution >= 0.6 is 11.6 Å². The number of nitrogens with one attached hydrogen (secondary N) is 1. The molecule has 1 atom stereocenters. The van der Waals surface area contributed by atoms with Gasteiger partial charge in [-0.15, -0.1) is 0 Å². The van der Waals surface area contributed by atoms with Crippen LogP contribution in [0.1, 0.15) is 25.5 Å². The molecule has 0 spiro atoms. The lowest BCUT2D eigenvalue weighted by atomic mass is 10.1. The van der Waals surface area contributed by atoms with Crippen molar-refractivity contribution in [3.63, 3.8) is 0 Å². The van der Waals surface area contributed by atoms with Gasteiger partial charge in [0.2, 0.25) is 0 Å². The Bertz CT molecular complexity index is 375. The zero-order valence-corrected chi connectivity index (χ0v) is 9.86. The Hall–Kier alpha value is -1.55. The monoisotopic (exact) mass is 240 g/mol. The molecule has 5 heteroatoms. The number of amides is 1. The SMILES string of the molecule is C/C(Cl)=N\OC(=O)N[C@H](C)c1ccccc1. The molecule has 1 N–H and O–H groups in total. The van der Waals surface area contributed by atoms with E-state index in [1.807, 2.05) is 37.3 Å². The van der Waals surface area contributed by atoms with Crippen LogP contribution in [0.5, 0.6) is 0 Å². The molecule has 0 bridgehead atoms. The quantitative estimate of drug-likeness (QED) is 0.502. The van der Waals surface area contributed by atoms with Crippen molar-refractivity contribution in [2.24, 2.45) is 5.16 Å². The van der Waals surface area contributed by atoms with Crippen LogP contribution < -0.4 is 5.32 Å². The summed E-state index contributed by atoms with van der Waals surface area (Å²) in [6, 6.07) is 9.41. The third kappa shape index (κ3) is 4.31. The number of hydrogen-bond acceptors (Lipinski definition) is 3. The van der Waals surface area contributed by atoms with Crippen LogP contribution in [-0.4, -0.2) is 11.3 Å². The summed E-state index contributed by atoms with van der Waals surface area (Å²) in [5, 5.41) is 6.13. The Morgan fingerprint density at radius 3 is 2.62 bits per heavy atom. The maximum absolute atomic E-state index is 11.2. The van der Waals surface area contributed by atoms with Crippen molar-refractivity contribution in [2.75, 3.05) is 0 Å². The van der Waals surface area contributed by atoms with E-state index in [0.717, 1.165) is 5.56 Å². The summed E-state index contributed by atoms with van der Waals surface area (Å²) in [5.74, 6) is 0. The highest BCUT2D eigenvalue weighted by molar-refractivity contribution is 6.64. The van der Waals surface area contributed by atoms with E-state index in [9.17, 15) is 4.79 Å². The molecule has 0 saturated heterocycles. The molecule has 16 heavy (non-hydrogen) atoms. The molecular formula is C11H13ClN2O2. The van der Waals surface area contributed by atoms with E-state index in [2.05, 4.69) is 15.3 Å². The molecular weight excluding hydrogens is 228 g/mol. The molecule has 0 aliphatic carbocycles. The van der Waals surface area contributed by atoms with Gasteiger partial charge >= 0.3 is 6.09 Å². The first kappa shape index (κ1) is 12.5. The summed E-state index contributed by atoms with van der Waals surface area (Å²) in [4.78, 5) is 15.7. The van der Waals surface area contributed by atoms with Gasteiger partial charge in [-0.3, -0.25) is 4.84 Å². The fourth-order valence-corrected chi connectivity index (χ4v) is 1.17. The standard InChI is InChI=1S/C11H13ClN2O2/c1-8(10-6-4-3-5-7-10)13-11(15)16-14-9(2)12/h3-8H,1-2H3,(H,13,15)/b14-9+/t8-/m1/s1. The van der Waals surface area contributed by atoms with E-state index in [4.69, 9.17) is 11.6 Å². The molecule has 0 heterocycles. The van der Waals surface area contributed by atoms with Crippen molar-refractivity contribution in [3.05, 3.63) is 35.9 Å². The number of carbonyl (C=O) groups is 1. The smallest absolute Gasteiger partial charge is 0.313 e. The summed E-state index contributed by atoms with van der Waals surface area (Å²) in [5.41, 5.74) is 0.992. The van der Waals surface area contributed by atoms with E-state index in [1.54, 1.807) is 0 Å². The Morgan fingerprint density at radius 2 is 2.06 bits per heavy atom. The molecule has 0 unspecified atom stereocenters. The second kappa shape index (κ2) is 6.12. The van der Waals surface area contributed by atoms with Crippen LogP contribution in [-0.2, 0) is 4.84 Å². The average Bonchev–Trinajstić information content (AvgIpc) is 2.27. The minimum Gasteiger partial charge on any atom is -0.313 e. The number of halogens is 1. The molecule has 1 aromatic rings. The fraction of sp³-hybridized carbons (Fsp3) is 0.273. The van der Waals surface area contributed by atoms with Gasteiger partial charge in [0.15, 0.2) is 0 Å². The van der Waals surface area contributed by atoms with Crippen LogP contribution in [0, 0.1) is 0 Å². The second-order valence-corrected chi connectivity index (χ2v) is 3.79. The normalized spacial score (nSPS) is 13.1. The molecule has 1 rings (SSSR count). The first-order valence-electron chi connectivity index (χ1n) is 4.82. The highest BCUT2D eigenvalue weighted by Gasteiger charge is 2.09. The minimum absolute atomic E-state index is 0.139. The highest BCUT2D eigenvalue weighted by Crippen LogP contribution is 2.10. The summed E-state index contributed by atoms with van der Waals surface area (Å²) in [6.45, 7) is 3.38. The molecule has 0 aromatic heterocycles. The van der Waals surface area contributed by atoms with Crippen molar-refractivity contribution < 1.29 is 9.63 Å². The van der Waals surface area contributed by atoms with Gasteiger partial charge in [-0.05, 0) is 19.4 Å². The fourth-order valence-electron chi connectivity index (χ4n) is 1.13. The predicted octanol–water partition coefficient (Wildman–Crippen LogP) is 3.05. The van der Waals surface area contributed by atoms with Gasteiger partial charge in [0.25, 0.3) is 0 Å². The summed E-state index contributed by atoms with van der Waals surface area (Å²) in [7, 11) is 0. The molecule has 86 valence electrons. The second-order valence-electron chi connectivity index (χ2n) is 3.24. The third-order valence-corrected chi connectivity index (χ3v) is 1.96. The predicted molar refractivity (Wildman–Crippen MR) is 63.4 cm³/mol. The Labute approximate surface area is 99.2 Å². The number of hydrogen-bond donors (Lipinski definition) is 1. The molecule has 0 aliphatic heterocycles. The number of benzene rings is 1.